The lowest BCUT2D eigenvalue weighted by molar-refractivity contribution is 0.250. The fourth-order valence-corrected chi connectivity index (χ4v) is 4.03. The molecule has 0 spiro atoms. The predicted molar refractivity (Wildman–Crippen MR) is 106 cm³/mol. The fraction of sp³-hybridized carbons (Fsp3) is 0.632. The normalized spacial score (nSPS) is 21.5. The summed E-state index contributed by atoms with van der Waals surface area (Å²) < 4.78 is 23.0. The van der Waals surface area contributed by atoms with E-state index in [4.69, 9.17) is 5.14 Å². The molecule has 1 aliphatic carbocycles. The minimum Gasteiger partial charge on any atom is -0.357 e. The molecular weight excluding hydrogens is 348 g/mol. The summed E-state index contributed by atoms with van der Waals surface area (Å²) in [5.41, 5.74) is 0.826. The molecule has 2 rings (SSSR count). The van der Waals surface area contributed by atoms with E-state index in [1.807, 2.05) is 13.0 Å². The second kappa shape index (κ2) is 9.37. The number of nitrogens with two attached hydrogens (primary N) is 1. The van der Waals surface area contributed by atoms with Crippen molar-refractivity contribution in [1.82, 2.24) is 10.2 Å². The average molecular weight is 381 g/mol. The molecule has 3 N–H and O–H groups in total. The van der Waals surface area contributed by atoms with Crippen LogP contribution in [-0.2, 0) is 16.6 Å². The summed E-state index contributed by atoms with van der Waals surface area (Å²) in [5.74, 6) is 2.42. The first-order valence-electron chi connectivity index (χ1n) is 9.40. The van der Waals surface area contributed by atoms with Gasteiger partial charge in [-0.2, -0.15) is 0 Å². The van der Waals surface area contributed by atoms with Crippen LogP contribution in [0.2, 0.25) is 0 Å². The monoisotopic (exact) mass is 380 g/mol. The van der Waals surface area contributed by atoms with Crippen LogP contribution in [0.3, 0.4) is 0 Å². The summed E-state index contributed by atoms with van der Waals surface area (Å²) in [7, 11) is -1.62. The molecule has 0 radical (unpaired) electrons. The van der Waals surface area contributed by atoms with Crippen LogP contribution in [0.25, 0.3) is 0 Å². The molecule has 0 heterocycles. The largest absolute Gasteiger partial charge is 0.357 e. The first-order valence-corrected chi connectivity index (χ1v) is 11.0. The van der Waals surface area contributed by atoms with Gasteiger partial charge < -0.3 is 10.2 Å². The lowest BCUT2D eigenvalue weighted by Gasteiger charge is -2.31. The zero-order chi connectivity index (χ0) is 19.2. The van der Waals surface area contributed by atoms with Crippen molar-refractivity contribution in [3.8, 4) is 0 Å². The summed E-state index contributed by atoms with van der Waals surface area (Å²) in [5, 5.41) is 8.54. The van der Waals surface area contributed by atoms with Gasteiger partial charge in [0.2, 0.25) is 10.0 Å². The number of nitrogens with zero attached hydrogens (tertiary/aromatic N) is 2. The number of hydrogen-bond acceptors (Lipinski definition) is 3. The Bertz CT molecular complexity index is 710. The van der Waals surface area contributed by atoms with Gasteiger partial charge in [0, 0.05) is 20.1 Å². The Morgan fingerprint density at radius 3 is 2.62 bits per heavy atom. The third-order valence-corrected chi connectivity index (χ3v) is 5.91. The maximum Gasteiger partial charge on any atom is 0.238 e. The summed E-state index contributed by atoms with van der Waals surface area (Å²) in [4.78, 5) is 7.00. The van der Waals surface area contributed by atoms with Crippen molar-refractivity contribution in [2.75, 3.05) is 20.1 Å². The van der Waals surface area contributed by atoms with E-state index in [1.54, 1.807) is 12.1 Å². The van der Waals surface area contributed by atoms with Gasteiger partial charge in [-0.1, -0.05) is 31.9 Å². The van der Waals surface area contributed by atoms with Crippen LogP contribution in [0, 0.1) is 11.8 Å². The minimum atomic E-state index is -3.69. The summed E-state index contributed by atoms with van der Waals surface area (Å²) >= 11 is 0. The Labute approximate surface area is 157 Å². The number of primary sulfonamides is 1. The summed E-state index contributed by atoms with van der Waals surface area (Å²) in [6.07, 6.45) is 5.18. The van der Waals surface area contributed by atoms with Crippen molar-refractivity contribution in [3.05, 3.63) is 29.8 Å². The Balaban J connectivity index is 2.03. The van der Waals surface area contributed by atoms with E-state index in [1.165, 1.54) is 31.7 Å². The third-order valence-electron chi connectivity index (χ3n) is 5.00. The molecule has 0 bridgehead atoms. The van der Waals surface area contributed by atoms with Crippen molar-refractivity contribution < 1.29 is 8.42 Å². The SMILES string of the molecule is CCNC(=NCc1cccc(S(N)(=O)=O)c1)N(C)CC1CCC(C)CC1. The van der Waals surface area contributed by atoms with Gasteiger partial charge in [-0.25, -0.2) is 18.5 Å². The first kappa shape index (κ1) is 20.7. The number of rotatable bonds is 6. The lowest BCUT2D eigenvalue weighted by Crippen LogP contribution is -2.41. The van der Waals surface area contributed by atoms with E-state index in [2.05, 4.69) is 29.2 Å². The molecule has 146 valence electrons. The number of nitrogens with one attached hydrogen (secondary N) is 1. The van der Waals surface area contributed by atoms with Crippen LogP contribution in [0.4, 0.5) is 0 Å². The molecule has 0 amide bonds. The smallest absolute Gasteiger partial charge is 0.238 e. The molecule has 7 heteroatoms. The Hall–Kier alpha value is -1.60. The van der Waals surface area contributed by atoms with Crippen molar-refractivity contribution in [2.45, 2.75) is 51.0 Å². The highest BCUT2D eigenvalue weighted by Gasteiger charge is 2.20. The van der Waals surface area contributed by atoms with Crippen molar-refractivity contribution in [3.63, 3.8) is 0 Å². The molecule has 1 saturated carbocycles. The standard InChI is InChI=1S/C19H32N4O2S/c1-4-21-19(23(3)14-16-10-8-15(2)9-11-16)22-13-17-6-5-7-18(12-17)26(20,24)25/h5-7,12,15-16H,4,8-11,13-14H2,1-3H3,(H,21,22)(H2,20,24,25). The minimum absolute atomic E-state index is 0.125. The molecule has 1 aliphatic rings. The van der Waals surface area contributed by atoms with Crippen molar-refractivity contribution in [1.29, 1.82) is 0 Å². The molecule has 1 fully saturated rings. The van der Waals surface area contributed by atoms with Crippen LogP contribution in [-0.4, -0.2) is 39.4 Å². The van der Waals surface area contributed by atoms with Gasteiger partial charge in [0.1, 0.15) is 0 Å². The molecule has 0 atom stereocenters. The van der Waals surface area contributed by atoms with Gasteiger partial charge in [-0.15, -0.1) is 0 Å². The van der Waals surface area contributed by atoms with Crippen molar-refractivity contribution >= 4 is 16.0 Å². The molecule has 1 aromatic carbocycles. The number of guanidine groups is 1. The van der Waals surface area contributed by atoms with Gasteiger partial charge in [0.15, 0.2) is 5.96 Å². The molecule has 0 saturated heterocycles. The van der Waals surface area contributed by atoms with E-state index in [-0.39, 0.29) is 4.90 Å². The predicted octanol–water partition coefficient (Wildman–Crippen LogP) is 2.56. The van der Waals surface area contributed by atoms with Gasteiger partial charge in [0.05, 0.1) is 11.4 Å². The molecule has 0 aliphatic heterocycles. The van der Waals surface area contributed by atoms with Crippen LogP contribution in [0.15, 0.2) is 34.2 Å². The topological polar surface area (TPSA) is 87.8 Å². The number of sulfonamides is 1. The maximum atomic E-state index is 11.5. The Morgan fingerprint density at radius 2 is 2.00 bits per heavy atom. The van der Waals surface area contributed by atoms with E-state index >= 15 is 0 Å². The quantitative estimate of drug-likeness (QED) is 0.586. The fourth-order valence-electron chi connectivity index (χ4n) is 3.44. The highest BCUT2D eigenvalue weighted by atomic mass is 32.2. The second-order valence-corrected chi connectivity index (χ2v) is 8.93. The average Bonchev–Trinajstić information content (AvgIpc) is 2.60. The zero-order valence-corrected chi connectivity index (χ0v) is 16.9. The number of benzene rings is 1. The molecule has 6 nitrogen and oxygen atoms in total. The lowest BCUT2D eigenvalue weighted by atomic mass is 9.83. The molecule has 0 aromatic heterocycles. The van der Waals surface area contributed by atoms with Gasteiger partial charge in [0.25, 0.3) is 0 Å². The van der Waals surface area contributed by atoms with E-state index in [9.17, 15) is 8.42 Å². The van der Waals surface area contributed by atoms with E-state index < -0.39 is 10.0 Å². The molecular formula is C19H32N4O2S. The van der Waals surface area contributed by atoms with E-state index in [0.717, 1.165) is 30.5 Å². The zero-order valence-electron chi connectivity index (χ0n) is 16.1. The van der Waals surface area contributed by atoms with Crippen molar-refractivity contribution in [2.24, 2.45) is 22.0 Å². The summed E-state index contributed by atoms with van der Waals surface area (Å²) in [6, 6.07) is 6.66. The van der Waals surface area contributed by atoms with Crippen LogP contribution < -0.4 is 10.5 Å². The second-order valence-electron chi connectivity index (χ2n) is 7.37. The maximum absolute atomic E-state index is 11.5. The van der Waals surface area contributed by atoms with Gasteiger partial charge in [-0.05, 0) is 49.3 Å². The Morgan fingerprint density at radius 1 is 1.31 bits per heavy atom. The van der Waals surface area contributed by atoms with Crippen LogP contribution >= 0.6 is 0 Å². The Kier molecular flexibility index (Phi) is 7.46. The summed E-state index contributed by atoms with van der Waals surface area (Å²) in [6.45, 7) is 6.59. The number of hydrogen-bond donors (Lipinski definition) is 2. The highest BCUT2D eigenvalue weighted by molar-refractivity contribution is 7.89. The van der Waals surface area contributed by atoms with E-state index in [0.29, 0.717) is 12.5 Å². The van der Waals surface area contributed by atoms with Gasteiger partial charge >= 0.3 is 0 Å². The molecule has 26 heavy (non-hydrogen) atoms. The third kappa shape index (κ3) is 6.29. The first-order chi connectivity index (χ1) is 12.3. The molecule has 0 unspecified atom stereocenters. The molecule has 1 aromatic rings. The van der Waals surface area contributed by atoms with Crippen LogP contribution in [0.1, 0.15) is 45.1 Å². The van der Waals surface area contributed by atoms with Crippen LogP contribution in [0.5, 0.6) is 0 Å². The number of aliphatic imine (C=N–C) groups is 1. The van der Waals surface area contributed by atoms with Gasteiger partial charge in [-0.3, -0.25) is 0 Å². The highest BCUT2D eigenvalue weighted by Crippen LogP contribution is 2.28.